The van der Waals surface area contributed by atoms with Crippen molar-refractivity contribution < 1.29 is 9.59 Å². The first kappa shape index (κ1) is 15.8. The fourth-order valence-corrected chi connectivity index (χ4v) is 4.94. The Kier molecular flexibility index (Phi) is 3.96. The summed E-state index contributed by atoms with van der Waals surface area (Å²) in [5.74, 6) is 0.464. The van der Waals surface area contributed by atoms with Crippen molar-refractivity contribution in [3.8, 4) is 0 Å². The van der Waals surface area contributed by atoms with Crippen LogP contribution in [0.15, 0.2) is 0 Å². The molecule has 3 amide bonds. The van der Waals surface area contributed by atoms with Crippen molar-refractivity contribution >= 4 is 11.9 Å². The molecule has 0 unspecified atom stereocenters. The summed E-state index contributed by atoms with van der Waals surface area (Å²) < 4.78 is 0. The van der Waals surface area contributed by atoms with E-state index in [-0.39, 0.29) is 17.4 Å². The first-order chi connectivity index (χ1) is 10.3. The molecule has 5 heteroatoms. The molecule has 0 aromatic carbocycles. The maximum atomic E-state index is 13.0. The van der Waals surface area contributed by atoms with Gasteiger partial charge in [-0.2, -0.15) is 0 Å². The molecule has 1 N–H and O–H groups in total. The van der Waals surface area contributed by atoms with E-state index in [4.69, 9.17) is 0 Å². The summed E-state index contributed by atoms with van der Waals surface area (Å²) in [4.78, 5) is 29.1. The number of hydrogen-bond donors (Lipinski definition) is 1. The van der Waals surface area contributed by atoms with Crippen LogP contribution in [0.25, 0.3) is 0 Å². The molecule has 1 saturated carbocycles. The zero-order chi connectivity index (χ0) is 16.0. The van der Waals surface area contributed by atoms with E-state index in [0.29, 0.717) is 12.6 Å². The molecule has 124 valence electrons. The van der Waals surface area contributed by atoms with Crippen molar-refractivity contribution in [2.75, 3.05) is 19.8 Å². The van der Waals surface area contributed by atoms with Gasteiger partial charge in [-0.1, -0.05) is 27.2 Å². The van der Waals surface area contributed by atoms with Gasteiger partial charge in [-0.15, -0.1) is 0 Å². The zero-order valence-electron chi connectivity index (χ0n) is 14.2. The molecule has 3 fully saturated rings. The van der Waals surface area contributed by atoms with Crippen molar-refractivity contribution in [3.05, 3.63) is 0 Å². The summed E-state index contributed by atoms with van der Waals surface area (Å²) in [7, 11) is 0. The third-order valence-corrected chi connectivity index (χ3v) is 5.41. The summed E-state index contributed by atoms with van der Waals surface area (Å²) in [6, 6.07) is -0.194. The van der Waals surface area contributed by atoms with Gasteiger partial charge in [0.15, 0.2) is 0 Å². The Hall–Kier alpha value is -1.10. The Balaban J connectivity index is 1.75. The molecule has 0 radical (unpaired) electrons. The van der Waals surface area contributed by atoms with Gasteiger partial charge >= 0.3 is 6.03 Å². The molecule has 5 nitrogen and oxygen atoms in total. The van der Waals surface area contributed by atoms with Gasteiger partial charge < -0.3 is 5.32 Å². The van der Waals surface area contributed by atoms with Gasteiger partial charge in [0, 0.05) is 0 Å². The molecule has 2 aliphatic heterocycles. The monoisotopic (exact) mass is 307 g/mol. The molecule has 22 heavy (non-hydrogen) atoms. The maximum absolute atomic E-state index is 13.0. The molecule has 2 saturated heterocycles. The van der Waals surface area contributed by atoms with E-state index in [2.05, 4.69) is 31.0 Å². The van der Waals surface area contributed by atoms with E-state index in [9.17, 15) is 9.59 Å². The predicted octanol–water partition coefficient (Wildman–Crippen LogP) is 2.57. The smallest absolute Gasteiger partial charge is 0.323 e. The lowest BCUT2D eigenvalue weighted by Gasteiger charge is -2.44. The van der Waals surface area contributed by atoms with Crippen molar-refractivity contribution in [3.63, 3.8) is 0 Å². The maximum Gasteiger partial charge on any atom is 0.326 e. The fraction of sp³-hybridized carbons (Fsp3) is 0.882. The van der Waals surface area contributed by atoms with Crippen LogP contribution < -0.4 is 5.32 Å². The second kappa shape index (κ2) is 5.52. The highest BCUT2D eigenvalue weighted by Crippen LogP contribution is 2.46. The highest BCUT2D eigenvalue weighted by Gasteiger charge is 2.56. The van der Waals surface area contributed by atoms with Crippen molar-refractivity contribution in [1.82, 2.24) is 15.1 Å². The number of carbonyl (C=O) groups is 2. The van der Waals surface area contributed by atoms with E-state index in [1.807, 2.05) is 0 Å². The molecule has 1 spiro atoms. The Labute approximate surface area is 133 Å². The lowest BCUT2D eigenvalue weighted by atomic mass is 9.64. The number of likely N-dealkylation sites (tertiary alicyclic amines) is 1. The number of piperidine rings is 1. The van der Waals surface area contributed by atoms with Gasteiger partial charge in [0.2, 0.25) is 0 Å². The number of urea groups is 1. The van der Waals surface area contributed by atoms with E-state index in [1.165, 1.54) is 24.2 Å². The molecule has 3 aliphatic rings. The van der Waals surface area contributed by atoms with Gasteiger partial charge in [-0.3, -0.25) is 9.69 Å². The van der Waals surface area contributed by atoms with Gasteiger partial charge in [-0.05, 0) is 56.5 Å². The standard InChI is InChI=1S/C17H29N3O2/c1-13-9-16(2,3)11-17(10-13)14(21)20(15(22)18-17)12-19-7-5-4-6-8-19/h13H,4-12H2,1-3H3,(H,18,22)/t13-,17-/m0/s1. The summed E-state index contributed by atoms with van der Waals surface area (Å²) in [5, 5.41) is 3.06. The minimum absolute atomic E-state index is 0.00250. The first-order valence-corrected chi connectivity index (χ1v) is 8.68. The normalized spacial score (nSPS) is 36.0. The van der Waals surface area contributed by atoms with Gasteiger partial charge in [0.05, 0.1) is 6.67 Å². The Morgan fingerprint density at radius 2 is 1.82 bits per heavy atom. The van der Waals surface area contributed by atoms with E-state index in [0.717, 1.165) is 32.4 Å². The van der Waals surface area contributed by atoms with Crippen LogP contribution in [-0.4, -0.2) is 47.0 Å². The number of rotatable bonds is 2. The molecular weight excluding hydrogens is 278 g/mol. The molecule has 2 atom stereocenters. The molecule has 2 heterocycles. The third kappa shape index (κ3) is 2.87. The topological polar surface area (TPSA) is 52.7 Å². The number of imide groups is 1. The van der Waals surface area contributed by atoms with Gasteiger partial charge in [-0.25, -0.2) is 9.69 Å². The second-order valence-electron chi connectivity index (χ2n) is 8.42. The minimum atomic E-state index is -0.659. The van der Waals surface area contributed by atoms with Crippen molar-refractivity contribution in [1.29, 1.82) is 0 Å². The van der Waals surface area contributed by atoms with Crippen molar-refractivity contribution in [2.45, 2.75) is 64.8 Å². The third-order valence-electron chi connectivity index (χ3n) is 5.41. The van der Waals surface area contributed by atoms with E-state index in [1.54, 1.807) is 0 Å². The lowest BCUT2D eigenvalue weighted by molar-refractivity contribution is -0.136. The van der Waals surface area contributed by atoms with Crippen LogP contribution in [0.4, 0.5) is 4.79 Å². The first-order valence-electron chi connectivity index (χ1n) is 8.68. The van der Waals surface area contributed by atoms with Crippen LogP contribution in [0, 0.1) is 11.3 Å². The Morgan fingerprint density at radius 3 is 2.45 bits per heavy atom. The molecule has 1 aliphatic carbocycles. The summed E-state index contributed by atoms with van der Waals surface area (Å²) >= 11 is 0. The lowest BCUT2D eigenvalue weighted by Crippen LogP contribution is -2.54. The highest BCUT2D eigenvalue weighted by molar-refractivity contribution is 6.07. The predicted molar refractivity (Wildman–Crippen MR) is 85.2 cm³/mol. The quantitative estimate of drug-likeness (QED) is 0.798. The molecule has 0 aromatic heterocycles. The van der Waals surface area contributed by atoms with Crippen LogP contribution >= 0.6 is 0 Å². The minimum Gasteiger partial charge on any atom is -0.323 e. The summed E-state index contributed by atoms with van der Waals surface area (Å²) in [5.41, 5.74) is -0.560. The van der Waals surface area contributed by atoms with Crippen LogP contribution in [0.1, 0.15) is 59.3 Å². The Bertz CT molecular complexity index is 471. The number of nitrogens with zero attached hydrogens (tertiary/aromatic N) is 2. The number of nitrogens with one attached hydrogen (secondary N) is 1. The summed E-state index contributed by atoms with van der Waals surface area (Å²) in [6.45, 7) is 9.04. The number of hydrogen-bond acceptors (Lipinski definition) is 3. The van der Waals surface area contributed by atoms with Gasteiger partial charge in [0.1, 0.15) is 5.54 Å². The average molecular weight is 307 g/mol. The summed E-state index contributed by atoms with van der Waals surface area (Å²) in [6.07, 6.45) is 6.23. The number of amides is 3. The van der Waals surface area contributed by atoms with Crippen LogP contribution in [-0.2, 0) is 4.79 Å². The SMILES string of the molecule is C[C@H]1CC(C)(C)C[C@]2(C1)NC(=O)N(CN1CCCCC1)C2=O. The Morgan fingerprint density at radius 1 is 1.14 bits per heavy atom. The largest absolute Gasteiger partial charge is 0.326 e. The molecule has 0 aromatic rings. The molecular formula is C17H29N3O2. The van der Waals surface area contributed by atoms with Crippen LogP contribution in [0.2, 0.25) is 0 Å². The molecule has 0 bridgehead atoms. The zero-order valence-corrected chi connectivity index (χ0v) is 14.2. The second-order valence-corrected chi connectivity index (χ2v) is 8.42. The fourth-order valence-electron chi connectivity index (χ4n) is 4.94. The van der Waals surface area contributed by atoms with E-state index >= 15 is 0 Å². The highest BCUT2D eigenvalue weighted by atomic mass is 16.2. The van der Waals surface area contributed by atoms with E-state index < -0.39 is 5.54 Å². The average Bonchev–Trinajstić information content (AvgIpc) is 2.61. The number of carbonyl (C=O) groups excluding carboxylic acids is 2. The van der Waals surface area contributed by atoms with Crippen LogP contribution in [0.5, 0.6) is 0 Å². The van der Waals surface area contributed by atoms with Crippen LogP contribution in [0.3, 0.4) is 0 Å². The molecule has 3 rings (SSSR count). The van der Waals surface area contributed by atoms with Gasteiger partial charge in [0.25, 0.3) is 5.91 Å². The van der Waals surface area contributed by atoms with Crippen molar-refractivity contribution in [2.24, 2.45) is 11.3 Å².